The molecule has 0 bridgehead atoms. The molecule has 9 heteroatoms. The molecule has 1 aliphatic rings. The molecule has 4 amide bonds. The van der Waals surface area contributed by atoms with Crippen LogP contribution in [0.2, 0.25) is 0 Å². The molecule has 2 aromatic rings. The first-order chi connectivity index (χ1) is 11.9. The fourth-order valence-corrected chi connectivity index (χ4v) is 3.01. The number of nitrogens with zero attached hydrogens (tertiary/aromatic N) is 2. The molecule has 126 valence electrons. The molecule has 1 saturated heterocycles. The summed E-state index contributed by atoms with van der Waals surface area (Å²) in [6, 6.07) is 8.53. The average molecular weight is 357 g/mol. The Bertz CT molecular complexity index is 930. The highest BCUT2D eigenvalue weighted by atomic mass is 32.1. The van der Waals surface area contributed by atoms with E-state index in [0.29, 0.717) is 10.6 Å². The number of thiophene rings is 1. The molecule has 1 aromatic heterocycles. The Morgan fingerprint density at radius 2 is 1.80 bits per heavy atom. The van der Waals surface area contributed by atoms with Gasteiger partial charge in [-0.25, -0.2) is 9.69 Å². The molecule has 0 spiro atoms. The van der Waals surface area contributed by atoms with Crippen molar-refractivity contribution >= 4 is 45.9 Å². The van der Waals surface area contributed by atoms with Crippen LogP contribution < -0.4 is 10.2 Å². The normalized spacial score (nSPS) is 16.3. The van der Waals surface area contributed by atoms with Crippen LogP contribution in [-0.2, 0) is 9.59 Å². The lowest BCUT2D eigenvalue weighted by atomic mass is 10.1. The van der Waals surface area contributed by atoms with Crippen LogP contribution in [0.1, 0.15) is 10.4 Å². The lowest BCUT2D eigenvalue weighted by Gasteiger charge is -2.26. The predicted octanol–water partition coefficient (Wildman–Crippen LogP) is 2.63. The molecule has 25 heavy (non-hydrogen) atoms. The summed E-state index contributed by atoms with van der Waals surface area (Å²) in [5.74, 6) is -1.62. The number of amides is 4. The maximum atomic E-state index is 12.6. The standard InChI is InChI=1S/C16H11N3O5S/c1-9-2-4-10(5-3-9)18-15(21)12(14(20)17-16(18)22)8-11-6-7-13(25-11)19(23)24/h2-8H,1H3,(H,17,20,22)/b12-8+. The van der Waals surface area contributed by atoms with Crippen LogP contribution in [0, 0.1) is 17.0 Å². The highest BCUT2D eigenvalue weighted by molar-refractivity contribution is 7.16. The first-order valence-corrected chi connectivity index (χ1v) is 7.91. The number of barbiturate groups is 1. The lowest BCUT2D eigenvalue weighted by Crippen LogP contribution is -2.54. The average Bonchev–Trinajstić information content (AvgIpc) is 3.02. The van der Waals surface area contributed by atoms with Crippen molar-refractivity contribution in [2.24, 2.45) is 0 Å². The maximum absolute atomic E-state index is 12.6. The van der Waals surface area contributed by atoms with Crippen molar-refractivity contribution < 1.29 is 19.3 Å². The number of benzene rings is 1. The van der Waals surface area contributed by atoms with E-state index in [0.717, 1.165) is 21.8 Å². The minimum Gasteiger partial charge on any atom is -0.273 e. The van der Waals surface area contributed by atoms with E-state index in [-0.39, 0.29) is 10.6 Å². The number of hydrogen-bond acceptors (Lipinski definition) is 6. The van der Waals surface area contributed by atoms with E-state index < -0.39 is 22.8 Å². The van der Waals surface area contributed by atoms with Crippen molar-refractivity contribution in [2.45, 2.75) is 6.92 Å². The molecule has 1 aliphatic heterocycles. The van der Waals surface area contributed by atoms with Crippen molar-refractivity contribution in [3.05, 3.63) is 62.5 Å². The second-order valence-electron chi connectivity index (χ2n) is 5.23. The fraction of sp³-hybridized carbons (Fsp3) is 0.0625. The second kappa shape index (κ2) is 6.29. The van der Waals surface area contributed by atoms with E-state index in [2.05, 4.69) is 5.32 Å². The topological polar surface area (TPSA) is 110 Å². The van der Waals surface area contributed by atoms with Crippen molar-refractivity contribution in [2.75, 3.05) is 4.90 Å². The molecule has 3 rings (SSSR count). The maximum Gasteiger partial charge on any atom is 0.335 e. The zero-order valence-electron chi connectivity index (χ0n) is 12.9. The summed E-state index contributed by atoms with van der Waals surface area (Å²) in [7, 11) is 0. The van der Waals surface area contributed by atoms with Gasteiger partial charge in [0.25, 0.3) is 11.8 Å². The molecule has 0 unspecified atom stereocenters. The summed E-state index contributed by atoms with van der Waals surface area (Å²) in [6.45, 7) is 1.86. The van der Waals surface area contributed by atoms with Crippen molar-refractivity contribution in [1.82, 2.24) is 5.32 Å². The first-order valence-electron chi connectivity index (χ1n) is 7.09. The predicted molar refractivity (Wildman–Crippen MR) is 91.2 cm³/mol. The quantitative estimate of drug-likeness (QED) is 0.393. The van der Waals surface area contributed by atoms with Gasteiger partial charge in [0.1, 0.15) is 5.57 Å². The first kappa shape index (κ1) is 16.5. The molecule has 8 nitrogen and oxygen atoms in total. The number of urea groups is 1. The Morgan fingerprint density at radius 1 is 1.12 bits per heavy atom. The zero-order valence-corrected chi connectivity index (χ0v) is 13.7. The third-order valence-corrected chi connectivity index (χ3v) is 4.46. The highest BCUT2D eigenvalue weighted by Crippen LogP contribution is 2.28. The number of aryl methyl sites for hydroxylation is 1. The molecule has 1 N–H and O–H groups in total. The molecule has 2 heterocycles. The molecule has 0 atom stereocenters. The highest BCUT2D eigenvalue weighted by Gasteiger charge is 2.36. The van der Waals surface area contributed by atoms with Crippen LogP contribution in [0.15, 0.2) is 42.0 Å². The summed E-state index contributed by atoms with van der Waals surface area (Å²) < 4.78 is 0. The second-order valence-corrected chi connectivity index (χ2v) is 6.32. The van der Waals surface area contributed by atoms with Gasteiger partial charge >= 0.3 is 11.0 Å². The van der Waals surface area contributed by atoms with Gasteiger partial charge in [0.15, 0.2) is 0 Å². The third-order valence-electron chi connectivity index (χ3n) is 3.47. The van der Waals surface area contributed by atoms with Crippen LogP contribution in [0.4, 0.5) is 15.5 Å². The number of imide groups is 2. The van der Waals surface area contributed by atoms with Gasteiger partial charge in [-0.3, -0.25) is 25.0 Å². The van der Waals surface area contributed by atoms with Crippen LogP contribution in [-0.4, -0.2) is 22.8 Å². The number of carbonyl (C=O) groups excluding carboxylic acids is 3. The van der Waals surface area contributed by atoms with Gasteiger partial charge in [-0.05, 0) is 31.2 Å². The Morgan fingerprint density at radius 3 is 2.40 bits per heavy atom. The molecule has 1 fully saturated rings. The van der Waals surface area contributed by atoms with Gasteiger partial charge in [-0.2, -0.15) is 0 Å². The zero-order chi connectivity index (χ0) is 18.1. The minimum atomic E-state index is -0.840. The monoisotopic (exact) mass is 357 g/mol. The van der Waals surface area contributed by atoms with Gasteiger partial charge in [-0.1, -0.05) is 29.0 Å². The SMILES string of the molecule is Cc1ccc(N2C(=O)NC(=O)/C(=C\c3ccc([N+](=O)[O-])s3)C2=O)cc1. The molecule has 0 aliphatic carbocycles. The number of carbonyl (C=O) groups is 3. The Kier molecular flexibility index (Phi) is 4.15. The van der Waals surface area contributed by atoms with E-state index >= 15 is 0 Å². The number of anilines is 1. The number of nitrogens with one attached hydrogen (secondary N) is 1. The Labute approximate surface area is 145 Å². The Hall–Kier alpha value is -3.33. The van der Waals surface area contributed by atoms with Crippen LogP contribution in [0.25, 0.3) is 6.08 Å². The molecular weight excluding hydrogens is 346 g/mol. The van der Waals surface area contributed by atoms with Crippen molar-refractivity contribution in [3.8, 4) is 0 Å². The summed E-state index contributed by atoms with van der Waals surface area (Å²) >= 11 is 0.827. The lowest BCUT2D eigenvalue weighted by molar-refractivity contribution is -0.380. The fourth-order valence-electron chi connectivity index (χ4n) is 2.25. The van der Waals surface area contributed by atoms with Gasteiger partial charge in [0, 0.05) is 10.9 Å². The minimum absolute atomic E-state index is 0.109. The van der Waals surface area contributed by atoms with Gasteiger partial charge in [0.05, 0.1) is 10.6 Å². The largest absolute Gasteiger partial charge is 0.335 e. The molecule has 1 aromatic carbocycles. The van der Waals surface area contributed by atoms with Crippen LogP contribution in [0.5, 0.6) is 0 Å². The number of hydrogen-bond donors (Lipinski definition) is 1. The van der Waals surface area contributed by atoms with Crippen LogP contribution >= 0.6 is 11.3 Å². The van der Waals surface area contributed by atoms with E-state index in [9.17, 15) is 24.5 Å². The van der Waals surface area contributed by atoms with Crippen LogP contribution in [0.3, 0.4) is 0 Å². The smallest absolute Gasteiger partial charge is 0.273 e. The summed E-state index contributed by atoms with van der Waals surface area (Å²) in [4.78, 5) is 48.1. The van der Waals surface area contributed by atoms with Gasteiger partial charge < -0.3 is 0 Å². The summed E-state index contributed by atoms with van der Waals surface area (Å²) in [5, 5.41) is 12.7. The molecule has 0 radical (unpaired) electrons. The van der Waals surface area contributed by atoms with Gasteiger partial charge in [0.2, 0.25) is 0 Å². The summed E-state index contributed by atoms with van der Waals surface area (Å²) in [6.07, 6.45) is 1.24. The van der Waals surface area contributed by atoms with Crippen molar-refractivity contribution in [1.29, 1.82) is 0 Å². The van der Waals surface area contributed by atoms with E-state index in [4.69, 9.17) is 0 Å². The summed E-state index contributed by atoms with van der Waals surface area (Å²) in [5.41, 5.74) is 1.01. The van der Waals surface area contributed by atoms with E-state index in [1.165, 1.54) is 18.2 Å². The van der Waals surface area contributed by atoms with Gasteiger partial charge in [-0.15, -0.1) is 0 Å². The number of nitro groups is 1. The molecule has 0 saturated carbocycles. The van der Waals surface area contributed by atoms with E-state index in [1.807, 2.05) is 6.92 Å². The molecular formula is C16H11N3O5S. The van der Waals surface area contributed by atoms with Crippen molar-refractivity contribution in [3.63, 3.8) is 0 Å². The number of rotatable bonds is 3. The van der Waals surface area contributed by atoms with E-state index in [1.54, 1.807) is 24.3 Å². The third kappa shape index (κ3) is 3.17. The Balaban J connectivity index is 1.98.